The smallest absolute Gasteiger partial charge is 0.416 e. The normalized spacial score (nSPS) is 11.2. The van der Waals surface area contributed by atoms with Gasteiger partial charge in [0, 0.05) is 6.54 Å². The Hall–Kier alpha value is -1.79. The first kappa shape index (κ1) is 14.3. The van der Waals surface area contributed by atoms with Gasteiger partial charge in [0.1, 0.15) is 5.82 Å². The number of anilines is 1. The van der Waals surface area contributed by atoms with Crippen LogP contribution in [0.3, 0.4) is 0 Å². The molecule has 1 rings (SSSR count). The Balaban J connectivity index is 2.73. The van der Waals surface area contributed by atoms with Gasteiger partial charge in [-0.25, -0.2) is 4.39 Å². The molecule has 18 heavy (non-hydrogen) atoms. The topological polar surface area (TPSA) is 38.3 Å². The highest BCUT2D eigenvalue weighted by Crippen LogP contribution is 2.31. The van der Waals surface area contributed by atoms with Crippen molar-refractivity contribution in [3.05, 3.63) is 29.6 Å². The zero-order valence-electron chi connectivity index (χ0n) is 9.47. The molecule has 0 unspecified atom stereocenters. The van der Waals surface area contributed by atoms with E-state index in [-0.39, 0.29) is 18.7 Å². The highest BCUT2D eigenvalue weighted by Gasteiger charge is 2.31. The van der Waals surface area contributed by atoms with Crippen LogP contribution in [0.4, 0.5) is 23.2 Å². The molecule has 0 saturated heterocycles. The summed E-state index contributed by atoms with van der Waals surface area (Å²) in [6.07, 6.45) is -4.60. The van der Waals surface area contributed by atoms with Gasteiger partial charge in [0.2, 0.25) is 0 Å². The molecule has 0 aliphatic heterocycles. The molecule has 1 aromatic carbocycles. The van der Waals surface area contributed by atoms with Crippen molar-refractivity contribution in [1.29, 1.82) is 0 Å². The lowest BCUT2D eigenvalue weighted by Crippen LogP contribution is -2.12. The maximum Gasteiger partial charge on any atom is 0.416 e. The van der Waals surface area contributed by atoms with Gasteiger partial charge in [-0.15, -0.1) is 0 Å². The fourth-order valence-corrected chi connectivity index (χ4v) is 1.24. The molecular formula is C11H11F4NO2. The Morgan fingerprint density at radius 3 is 2.61 bits per heavy atom. The Morgan fingerprint density at radius 1 is 1.39 bits per heavy atom. The zero-order valence-corrected chi connectivity index (χ0v) is 9.47. The summed E-state index contributed by atoms with van der Waals surface area (Å²) in [7, 11) is 1.19. The summed E-state index contributed by atoms with van der Waals surface area (Å²) >= 11 is 0. The summed E-state index contributed by atoms with van der Waals surface area (Å²) in [4.78, 5) is 10.8. The molecule has 7 heteroatoms. The standard InChI is InChI=1S/C11H11F4NO2/c1-18-10(17)4-5-16-9-6-7(11(13,14)15)2-3-8(9)12/h2-3,6,16H,4-5H2,1H3. The number of alkyl halides is 3. The highest BCUT2D eigenvalue weighted by atomic mass is 19.4. The number of halogens is 4. The zero-order chi connectivity index (χ0) is 13.8. The first-order valence-corrected chi connectivity index (χ1v) is 5.02. The fourth-order valence-electron chi connectivity index (χ4n) is 1.24. The van der Waals surface area contributed by atoms with Crippen molar-refractivity contribution in [3.63, 3.8) is 0 Å². The van der Waals surface area contributed by atoms with Crippen LogP contribution in [0.15, 0.2) is 18.2 Å². The van der Waals surface area contributed by atoms with Crippen molar-refractivity contribution in [3.8, 4) is 0 Å². The van der Waals surface area contributed by atoms with Gasteiger partial charge >= 0.3 is 12.1 Å². The number of rotatable bonds is 4. The maximum absolute atomic E-state index is 13.2. The van der Waals surface area contributed by atoms with Crippen LogP contribution in [-0.2, 0) is 15.7 Å². The number of nitrogens with one attached hydrogen (secondary N) is 1. The number of hydrogen-bond donors (Lipinski definition) is 1. The van der Waals surface area contributed by atoms with Gasteiger partial charge in [-0.05, 0) is 18.2 Å². The van der Waals surface area contributed by atoms with Crippen LogP contribution in [0.2, 0.25) is 0 Å². The van der Waals surface area contributed by atoms with Crippen molar-refractivity contribution in [2.24, 2.45) is 0 Å². The molecule has 0 radical (unpaired) electrons. The second-order valence-electron chi connectivity index (χ2n) is 3.45. The Bertz CT molecular complexity index is 432. The van der Waals surface area contributed by atoms with Crippen LogP contribution in [0.5, 0.6) is 0 Å². The summed E-state index contributed by atoms with van der Waals surface area (Å²) in [6, 6.07) is 2.04. The summed E-state index contributed by atoms with van der Waals surface area (Å²) in [5.41, 5.74) is -1.25. The minimum Gasteiger partial charge on any atom is -0.469 e. The van der Waals surface area contributed by atoms with Crippen molar-refractivity contribution in [2.45, 2.75) is 12.6 Å². The molecule has 100 valence electrons. The van der Waals surface area contributed by atoms with Crippen molar-refractivity contribution >= 4 is 11.7 Å². The van der Waals surface area contributed by atoms with Crippen molar-refractivity contribution in [2.75, 3.05) is 19.0 Å². The van der Waals surface area contributed by atoms with E-state index in [1.807, 2.05) is 0 Å². The van der Waals surface area contributed by atoms with Crippen LogP contribution in [0, 0.1) is 5.82 Å². The molecule has 1 aromatic rings. The fraction of sp³-hybridized carbons (Fsp3) is 0.364. The molecule has 1 N–H and O–H groups in total. The van der Waals surface area contributed by atoms with E-state index >= 15 is 0 Å². The van der Waals surface area contributed by atoms with E-state index in [4.69, 9.17) is 0 Å². The molecule has 0 bridgehead atoms. The largest absolute Gasteiger partial charge is 0.469 e. The quantitative estimate of drug-likeness (QED) is 0.672. The predicted octanol–water partition coefficient (Wildman–Crippen LogP) is 2.82. The monoisotopic (exact) mass is 265 g/mol. The van der Waals surface area contributed by atoms with E-state index in [2.05, 4.69) is 10.1 Å². The minimum atomic E-state index is -4.54. The van der Waals surface area contributed by atoms with Gasteiger partial charge in [-0.2, -0.15) is 13.2 Å². The summed E-state index contributed by atoms with van der Waals surface area (Å²) in [6.45, 7) is -0.00902. The van der Waals surface area contributed by atoms with E-state index in [1.165, 1.54) is 7.11 Å². The summed E-state index contributed by atoms with van der Waals surface area (Å²) in [5.74, 6) is -1.34. The molecule has 0 atom stereocenters. The maximum atomic E-state index is 13.2. The van der Waals surface area contributed by atoms with E-state index in [0.717, 1.165) is 6.07 Å². The molecule has 0 fully saturated rings. The number of carbonyl (C=O) groups excluding carboxylic acids is 1. The van der Waals surface area contributed by atoms with E-state index in [9.17, 15) is 22.4 Å². The molecule has 0 spiro atoms. The van der Waals surface area contributed by atoms with E-state index in [0.29, 0.717) is 12.1 Å². The van der Waals surface area contributed by atoms with Crippen LogP contribution in [0.1, 0.15) is 12.0 Å². The number of hydrogen-bond acceptors (Lipinski definition) is 3. The van der Waals surface area contributed by atoms with E-state index < -0.39 is 23.5 Å². The van der Waals surface area contributed by atoms with Gasteiger partial charge in [0.05, 0.1) is 24.8 Å². The molecule has 0 aliphatic carbocycles. The van der Waals surface area contributed by atoms with Crippen LogP contribution < -0.4 is 5.32 Å². The number of esters is 1. The number of benzene rings is 1. The molecular weight excluding hydrogens is 254 g/mol. The average Bonchev–Trinajstić information content (AvgIpc) is 2.29. The summed E-state index contributed by atoms with van der Waals surface area (Å²) < 4.78 is 54.7. The third kappa shape index (κ3) is 3.90. The third-order valence-corrected chi connectivity index (χ3v) is 2.17. The lowest BCUT2D eigenvalue weighted by Gasteiger charge is -2.11. The van der Waals surface area contributed by atoms with Crippen molar-refractivity contribution in [1.82, 2.24) is 0 Å². The first-order valence-electron chi connectivity index (χ1n) is 5.02. The predicted molar refractivity (Wildman–Crippen MR) is 56.5 cm³/mol. The number of methoxy groups -OCH3 is 1. The lowest BCUT2D eigenvalue weighted by molar-refractivity contribution is -0.140. The summed E-state index contributed by atoms with van der Waals surface area (Å²) in [5, 5.41) is 2.41. The van der Waals surface area contributed by atoms with Crippen LogP contribution in [0.25, 0.3) is 0 Å². The Kier molecular flexibility index (Phi) is 4.52. The SMILES string of the molecule is COC(=O)CCNc1cc(C(F)(F)F)ccc1F. The third-order valence-electron chi connectivity index (χ3n) is 2.17. The molecule has 0 aromatic heterocycles. The highest BCUT2D eigenvalue weighted by molar-refractivity contribution is 5.69. The number of carbonyl (C=O) groups is 1. The molecule has 0 saturated carbocycles. The molecule has 0 heterocycles. The van der Waals surface area contributed by atoms with Gasteiger partial charge in [0.25, 0.3) is 0 Å². The Morgan fingerprint density at radius 2 is 2.06 bits per heavy atom. The first-order chi connectivity index (χ1) is 8.34. The van der Waals surface area contributed by atoms with Crippen LogP contribution in [-0.4, -0.2) is 19.6 Å². The van der Waals surface area contributed by atoms with Crippen LogP contribution >= 0.6 is 0 Å². The van der Waals surface area contributed by atoms with Gasteiger partial charge < -0.3 is 10.1 Å². The molecule has 0 aliphatic rings. The van der Waals surface area contributed by atoms with Gasteiger partial charge in [0.15, 0.2) is 0 Å². The van der Waals surface area contributed by atoms with Crippen molar-refractivity contribution < 1.29 is 27.1 Å². The van der Waals surface area contributed by atoms with E-state index in [1.54, 1.807) is 0 Å². The average molecular weight is 265 g/mol. The van der Waals surface area contributed by atoms with Gasteiger partial charge in [-0.1, -0.05) is 0 Å². The second-order valence-corrected chi connectivity index (χ2v) is 3.45. The minimum absolute atomic E-state index is 0.00902. The second kappa shape index (κ2) is 5.70. The lowest BCUT2D eigenvalue weighted by atomic mass is 10.2. The number of ether oxygens (including phenoxy) is 1. The van der Waals surface area contributed by atoms with Gasteiger partial charge in [-0.3, -0.25) is 4.79 Å². The molecule has 0 amide bonds. The molecule has 3 nitrogen and oxygen atoms in total. The Labute approximate surface area is 101 Å².